The van der Waals surface area contributed by atoms with E-state index in [0.29, 0.717) is 18.7 Å². The summed E-state index contributed by atoms with van der Waals surface area (Å²) in [6, 6.07) is 12.1. The number of hydrogen-bond donors (Lipinski definition) is 0. The molecular formula is C25H29N3O. The highest BCUT2D eigenvalue weighted by atomic mass is 16.2. The van der Waals surface area contributed by atoms with E-state index in [2.05, 4.69) is 49.0 Å². The van der Waals surface area contributed by atoms with Crippen LogP contribution in [0.1, 0.15) is 44.0 Å². The summed E-state index contributed by atoms with van der Waals surface area (Å²) in [4.78, 5) is 19.3. The molecule has 3 rings (SSSR count). The maximum absolute atomic E-state index is 13.0. The van der Waals surface area contributed by atoms with E-state index in [1.807, 2.05) is 37.4 Å². The van der Waals surface area contributed by atoms with Crippen LogP contribution in [-0.2, 0) is 13.1 Å². The number of carbonyl (C=O) groups is 1. The first kappa shape index (κ1) is 20.6. The third-order valence-electron chi connectivity index (χ3n) is 5.24. The molecule has 0 fully saturated rings. The largest absolute Gasteiger partial charge is 0.329 e. The van der Waals surface area contributed by atoms with E-state index in [-0.39, 0.29) is 5.91 Å². The molecule has 0 atom stereocenters. The van der Waals surface area contributed by atoms with Crippen molar-refractivity contribution < 1.29 is 4.79 Å². The molecule has 0 saturated heterocycles. The van der Waals surface area contributed by atoms with Gasteiger partial charge >= 0.3 is 0 Å². The summed E-state index contributed by atoms with van der Waals surface area (Å²) in [6.45, 7) is 13.9. The lowest BCUT2D eigenvalue weighted by molar-refractivity contribution is 0.0757. The van der Waals surface area contributed by atoms with Crippen LogP contribution in [0, 0.1) is 27.7 Å². The van der Waals surface area contributed by atoms with Crippen LogP contribution in [-0.4, -0.2) is 26.9 Å². The molecule has 0 aliphatic heterocycles. The van der Waals surface area contributed by atoms with Crippen LogP contribution < -0.4 is 0 Å². The number of carbonyl (C=O) groups excluding carboxylic acids is 1. The van der Waals surface area contributed by atoms with Crippen molar-refractivity contribution in [3.8, 4) is 0 Å². The van der Waals surface area contributed by atoms with Crippen molar-refractivity contribution in [2.45, 2.75) is 40.8 Å². The highest BCUT2D eigenvalue weighted by Crippen LogP contribution is 2.19. The van der Waals surface area contributed by atoms with E-state index in [0.717, 1.165) is 17.9 Å². The van der Waals surface area contributed by atoms with Crippen molar-refractivity contribution in [1.82, 2.24) is 14.5 Å². The second kappa shape index (κ2) is 8.91. The lowest BCUT2D eigenvalue weighted by Crippen LogP contribution is -2.32. The monoisotopic (exact) mass is 387 g/mol. The molecule has 0 bridgehead atoms. The minimum Gasteiger partial charge on any atom is -0.329 e. The van der Waals surface area contributed by atoms with Crippen LogP contribution in [0.15, 0.2) is 61.4 Å². The van der Waals surface area contributed by atoms with E-state index in [1.165, 1.54) is 22.3 Å². The number of aromatic nitrogens is 2. The number of hydrogen-bond acceptors (Lipinski definition) is 2. The number of nitrogens with zero attached hydrogens (tertiary/aromatic N) is 3. The second-order valence-electron chi connectivity index (χ2n) is 7.69. The van der Waals surface area contributed by atoms with Gasteiger partial charge < -0.3 is 9.47 Å². The van der Waals surface area contributed by atoms with Gasteiger partial charge in [-0.05, 0) is 56.5 Å². The molecule has 1 heterocycles. The highest BCUT2D eigenvalue weighted by molar-refractivity contribution is 5.94. The van der Waals surface area contributed by atoms with Crippen LogP contribution in [0.4, 0.5) is 0 Å². The Morgan fingerprint density at radius 1 is 1.07 bits per heavy atom. The van der Waals surface area contributed by atoms with Gasteiger partial charge in [-0.3, -0.25) is 4.79 Å². The fraction of sp³-hybridized carbons (Fsp3) is 0.280. The molecule has 0 radical (unpaired) electrons. The van der Waals surface area contributed by atoms with Gasteiger partial charge in [0.25, 0.3) is 5.91 Å². The van der Waals surface area contributed by atoms with Crippen LogP contribution in [0.3, 0.4) is 0 Å². The molecule has 0 saturated carbocycles. The average Bonchev–Trinajstić information content (AvgIpc) is 3.11. The predicted octanol–water partition coefficient (Wildman–Crippen LogP) is 4.99. The smallest absolute Gasteiger partial charge is 0.254 e. The standard InChI is InChI=1S/C25H29N3O/c1-6-12-28(25(29)22-9-7-18(2)8-10-22)17-24-26-11-13-27(24)16-23-20(4)14-19(3)15-21(23)5/h6-11,13-15H,1,12,16-17H2,2-5H3. The zero-order valence-corrected chi connectivity index (χ0v) is 17.8. The average molecular weight is 388 g/mol. The SMILES string of the molecule is C=CCN(Cc1nccn1Cc1c(C)cc(C)cc1C)C(=O)c1ccc(C)cc1. The van der Waals surface area contributed by atoms with Crippen LogP contribution >= 0.6 is 0 Å². The summed E-state index contributed by atoms with van der Waals surface area (Å²) in [5.41, 5.74) is 6.95. The zero-order valence-electron chi connectivity index (χ0n) is 17.8. The topological polar surface area (TPSA) is 38.1 Å². The summed E-state index contributed by atoms with van der Waals surface area (Å²) in [5, 5.41) is 0. The number of aryl methyl sites for hydroxylation is 4. The number of amides is 1. The van der Waals surface area contributed by atoms with Crippen molar-refractivity contribution in [1.29, 1.82) is 0 Å². The fourth-order valence-electron chi connectivity index (χ4n) is 3.69. The highest BCUT2D eigenvalue weighted by Gasteiger charge is 2.18. The molecule has 0 spiro atoms. The lowest BCUT2D eigenvalue weighted by Gasteiger charge is -2.22. The van der Waals surface area contributed by atoms with Gasteiger partial charge in [-0.15, -0.1) is 6.58 Å². The summed E-state index contributed by atoms with van der Waals surface area (Å²) in [5.74, 6) is 0.855. The van der Waals surface area contributed by atoms with Gasteiger partial charge in [-0.25, -0.2) is 4.98 Å². The Kier molecular flexibility index (Phi) is 6.32. The van der Waals surface area contributed by atoms with Gasteiger partial charge in [0.2, 0.25) is 0 Å². The Morgan fingerprint density at radius 3 is 2.34 bits per heavy atom. The number of rotatable bonds is 7. The molecule has 3 aromatic rings. The van der Waals surface area contributed by atoms with Crippen molar-refractivity contribution in [2.24, 2.45) is 0 Å². The maximum atomic E-state index is 13.0. The first-order valence-corrected chi connectivity index (χ1v) is 9.92. The molecular weight excluding hydrogens is 358 g/mol. The van der Waals surface area contributed by atoms with Crippen molar-refractivity contribution in [3.63, 3.8) is 0 Å². The van der Waals surface area contributed by atoms with E-state index >= 15 is 0 Å². The van der Waals surface area contributed by atoms with Crippen LogP contribution in [0.2, 0.25) is 0 Å². The fourth-order valence-corrected chi connectivity index (χ4v) is 3.69. The first-order chi connectivity index (χ1) is 13.9. The van der Waals surface area contributed by atoms with Crippen molar-refractivity contribution in [3.05, 3.63) is 101 Å². The third-order valence-corrected chi connectivity index (χ3v) is 5.24. The maximum Gasteiger partial charge on any atom is 0.254 e. The van der Waals surface area contributed by atoms with E-state index in [9.17, 15) is 4.79 Å². The molecule has 0 aliphatic rings. The molecule has 0 unspecified atom stereocenters. The zero-order chi connectivity index (χ0) is 21.0. The molecule has 0 N–H and O–H groups in total. The molecule has 150 valence electrons. The normalized spacial score (nSPS) is 10.8. The summed E-state index contributed by atoms with van der Waals surface area (Å²) in [7, 11) is 0. The van der Waals surface area contributed by atoms with Gasteiger partial charge in [-0.2, -0.15) is 0 Å². The summed E-state index contributed by atoms with van der Waals surface area (Å²) < 4.78 is 2.13. The Bertz CT molecular complexity index is 992. The first-order valence-electron chi connectivity index (χ1n) is 9.92. The van der Waals surface area contributed by atoms with Gasteiger partial charge in [0, 0.05) is 31.0 Å². The minimum atomic E-state index is -0.0119. The van der Waals surface area contributed by atoms with Gasteiger partial charge in [0.15, 0.2) is 0 Å². The minimum absolute atomic E-state index is 0.0119. The molecule has 0 aliphatic carbocycles. The lowest BCUT2D eigenvalue weighted by atomic mass is 10.00. The number of imidazole rings is 1. The number of benzene rings is 2. The van der Waals surface area contributed by atoms with E-state index < -0.39 is 0 Å². The second-order valence-corrected chi connectivity index (χ2v) is 7.69. The van der Waals surface area contributed by atoms with E-state index in [1.54, 1.807) is 17.2 Å². The Balaban J connectivity index is 1.84. The van der Waals surface area contributed by atoms with Gasteiger partial charge in [0.1, 0.15) is 5.82 Å². The molecule has 1 aromatic heterocycles. The summed E-state index contributed by atoms with van der Waals surface area (Å²) >= 11 is 0. The molecule has 4 nitrogen and oxygen atoms in total. The van der Waals surface area contributed by atoms with Crippen molar-refractivity contribution in [2.75, 3.05) is 6.54 Å². The Hall–Kier alpha value is -3.14. The molecule has 1 amide bonds. The van der Waals surface area contributed by atoms with Crippen LogP contribution in [0.5, 0.6) is 0 Å². The predicted molar refractivity (Wildman–Crippen MR) is 118 cm³/mol. The molecule has 29 heavy (non-hydrogen) atoms. The molecule has 2 aromatic carbocycles. The van der Waals surface area contributed by atoms with Crippen LogP contribution in [0.25, 0.3) is 0 Å². The van der Waals surface area contributed by atoms with E-state index in [4.69, 9.17) is 0 Å². The Labute approximate surface area is 173 Å². The Morgan fingerprint density at radius 2 is 1.72 bits per heavy atom. The van der Waals surface area contributed by atoms with Gasteiger partial charge in [0.05, 0.1) is 6.54 Å². The molecule has 4 heteroatoms. The van der Waals surface area contributed by atoms with Crippen molar-refractivity contribution >= 4 is 5.91 Å². The quantitative estimate of drug-likeness (QED) is 0.536. The summed E-state index contributed by atoms with van der Waals surface area (Å²) in [6.07, 6.45) is 5.54. The third kappa shape index (κ3) is 4.83. The van der Waals surface area contributed by atoms with Gasteiger partial charge in [-0.1, -0.05) is 41.5 Å².